The van der Waals surface area contributed by atoms with Crippen LogP contribution in [-0.4, -0.2) is 30.3 Å². The van der Waals surface area contributed by atoms with Crippen LogP contribution in [0.2, 0.25) is 0 Å². The Hall–Kier alpha value is -1.90. The molecule has 0 heterocycles. The summed E-state index contributed by atoms with van der Waals surface area (Å²) in [4.78, 5) is 11.8. The number of aliphatic hydroxyl groups excluding tert-OH is 1. The average Bonchev–Trinajstić information content (AvgIpc) is 2.37. The number of carbonyl (C=O) groups is 1. The molecule has 0 saturated carbocycles. The van der Waals surface area contributed by atoms with Crippen molar-refractivity contribution in [1.82, 2.24) is 0 Å². The van der Waals surface area contributed by atoms with Gasteiger partial charge in [-0.15, -0.1) is 0 Å². The van der Waals surface area contributed by atoms with Crippen LogP contribution in [0.15, 0.2) is 18.2 Å². The lowest BCUT2D eigenvalue weighted by Crippen LogP contribution is -2.38. The number of amides is 1. The largest absolute Gasteiger partial charge is 0.384 e. The van der Waals surface area contributed by atoms with Crippen LogP contribution in [0.3, 0.4) is 0 Å². The van der Waals surface area contributed by atoms with Crippen molar-refractivity contribution in [3.05, 3.63) is 29.6 Å². The van der Waals surface area contributed by atoms with Crippen LogP contribution >= 0.6 is 0 Å². The van der Waals surface area contributed by atoms with Crippen molar-refractivity contribution in [1.29, 1.82) is 0 Å². The first kappa shape index (κ1) is 15.2. The van der Waals surface area contributed by atoms with Crippen LogP contribution in [0.4, 0.5) is 10.1 Å². The number of nitrogens with one attached hydrogen (secondary N) is 1. The molecule has 0 aliphatic heterocycles. The van der Waals surface area contributed by atoms with Crippen LogP contribution in [0.5, 0.6) is 0 Å². The minimum Gasteiger partial charge on any atom is -0.384 e. The zero-order valence-electron chi connectivity index (χ0n) is 11.1. The summed E-state index contributed by atoms with van der Waals surface area (Å²) in [7, 11) is 1.42. The number of hydrogen-bond acceptors (Lipinski definition) is 3. The van der Waals surface area contributed by atoms with Crippen molar-refractivity contribution in [2.75, 3.05) is 19.0 Å². The molecule has 0 spiro atoms. The fraction of sp³-hybridized carbons (Fsp3) is 0.357. The number of halogens is 1. The van der Waals surface area contributed by atoms with Crippen LogP contribution in [0.1, 0.15) is 19.4 Å². The van der Waals surface area contributed by atoms with Gasteiger partial charge in [-0.25, -0.2) is 4.39 Å². The van der Waals surface area contributed by atoms with E-state index < -0.39 is 11.4 Å². The third-order valence-corrected chi connectivity index (χ3v) is 2.59. The first-order chi connectivity index (χ1) is 8.90. The van der Waals surface area contributed by atoms with Gasteiger partial charge >= 0.3 is 0 Å². The number of benzene rings is 1. The maximum atomic E-state index is 13.6. The fourth-order valence-corrected chi connectivity index (χ4v) is 1.20. The van der Waals surface area contributed by atoms with Gasteiger partial charge in [-0.3, -0.25) is 4.79 Å². The zero-order chi connectivity index (χ0) is 14.5. The van der Waals surface area contributed by atoms with Crippen LogP contribution in [0.25, 0.3) is 0 Å². The van der Waals surface area contributed by atoms with Gasteiger partial charge in [0, 0.05) is 12.8 Å². The average molecular weight is 265 g/mol. The summed E-state index contributed by atoms with van der Waals surface area (Å²) in [5, 5.41) is 11.1. The Labute approximate surface area is 111 Å². The van der Waals surface area contributed by atoms with Gasteiger partial charge in [-0.2, -0.15) is 0 Å². The molecule has 0 aromatic heterocycles. The van der Waals surface area contributed by atoms with Crippen LogP contribution in [0, 0.1) is 17.7 Å². The molecule has 19 heavy (non-hydrogen) atoms. The Kier molecular flexibility index (Phi) is 5.04. The predicted molar refractivity (Wildman–Crippen MR) is 70.1 cm³/mol. The molecule has 0 fully saturated rings. The number of ether oxygens (including phenoxy) is 1. The van der Waals surface area contributed by atoms with Gasteiger partial charge < -0.3 is 15.2 Å². The molecule has 1 rings (SSSR count). The van der Waals surface area contributed by atoms with Crippen LogP contribution < -0.4 is 5.32 Å². The SMILES string of the molecule is COC(C)(C)C(=O)Nc1ccc(C#CCO)c(F)c1. The molecule has 1 amide bonds. The highest BCUT2D eigenvalue weighted by molar-refractivity contribution is 5.96. The minimum absolute atomic E-state index is 0.165. The summed E-state index contributed by atoms with van der Waals surface area (Å²) < 4.78 is 18.7. The van der Waals surface area contributed by atoms with Crippen molar-refractivity contribution in [3.8, 4) is 11.8 Å². The third kappa shape index (κ3) is 4.05. The van der Waals surface area contributed by atoms with E-state index in [1.54, 1.807) is 13.8 Å². The number of anilines is 1. The van der Waals surface area contributed by atoms with Gasteiger partial charge in [0.2, 0.25) is 0 Å². The Balaban J connectivity index is 2.88. The molecular formula is C14H16FNO3. The molecule has 0 bridgehead atoms. The lowest BCUT2D eigenvalue weighted by Gasteiger charge is -2.21. The molecule has 0 radical (unpaired) electrons. The summed E-state index contributed by atoms with van der Waals surface area (Å²) in [5.74, 6) is 3.90. The molecule has 4 nitrogen and oxygen atoms in total. The zero-order valence-corrected chi connectivity index (χ0v) is 11.1. The minimum atomic E-state index is -0.994. The maximum Gasteiger partial charge on any atom is 0.256 e. The summed E-state index contributed by atoms with van der Waals surface area (Å²) >= 11 is 0. The molecule has 102 valence electrons. The summed E-state index contributed by atoms with van der Waals surface area (Å²) in [6.07, 6.45) is 0. The second-order valence-corrected chi connectivity index (χ2v) is 4.32. The Morgan fingerprint density at radius 2 is 2.21 bits per heavy atom. The van der Waals surface area contributed by atoms with Crippen molar-refractivity contribution in [3.63, 3.8) is 0 Å². The third-order valence-electron chi connectivity index (χ3n) is 2.59. The molecule has 1 aromatic rings. The van der Waals surface area contributed by atoms with E-state index in [1.807, 2.05) is 0 Å². The monoisotopic (exact) mass is 265 g/mol. The molecule has 1 aromatic carbocycles. The van der Waals surface area contributed by atoms with Gasteiger partial charge in [0.05, 0.1) is 5.56 Å². The Bertz CT molecular complexity index is 529. The normalized spacial score (nSPS) is 10.6. The quantitative estimate of drug-likeness (QED) is 0.815. The van der Waals surface area contributed by atoms with E-state index in [1.165, 1.54) is 25.3 Å². The highest BCUT2D eigenvalue weighted by atomic mass is 19.1. The Morgan fingerprint density at radius 3 is 2.74 bits per heavy atom. The van der Waals surface area contributed by atoms with E-state index in [0.717, 1.165) is 0 Å². The first-order valence-corrected chi connectivity index (χ1v) is 5.66. The van der Waals surface area contributed by atoms with Gasteiger partial charge in [0.25, 0.3) is 5.91 Å². The topological polar surface area (TPSA) is 58.6 Å². The number of carbonyl (C=O) groups excluding carboxylic acids is 1. The predicted octanol–water partition coefficient (Wildman–Crippen LogP) is 1.53. The van der Waals surface area contributed by atoms with Crippen molar-refractivity contribution < 1.29 is 19.0 Å². The van der Waals surface area contributed by atoms with Crippen molar-refractivity contribution in [2.45, 2.75) is 19.4 Å². The van der Waals surface area contributed by atoms with Gasteiger partial charge in [-0.1, -0.05) is 11.8 Å². The second kappa shape index (κ2) is 6.32. The molecular weight excluding hydrogens is 249 g/mol. The van der Waals surface area contributed by atoms with E-state index in [4.69, 9.17) is 9.84 Å². The second-order valence-electron chi connectivity index (χ2n) is 4.32. The highest BCUT2D eigenvalue weighted by Crippen LogP contribution is 2.16. The fourth-order valence-electron chi connectivity index (χ4n) is 1.20. The smallest absolute Gasteiger partial charge is 0.256 e. The van der Waals surface area contributed by atoms with Gasteiger partial charge in [-0.05, 0) is 32.0 Å². The molecule has 5 heteroatoms. The molecule has 0 aliphatic rings. The van der Waals surface area contributed by atoms with Crippen molar-refractivity contribution in [2.24, 2.45) is 0 Å². The lowest BCUT2D eigenvalue weighted by atomic mass is 10.1. The summed E-state index contributed by atoms with van der Waals surface area (Å²) in [5.41, 5.74) is -0.508. The molecule has 0 unspecified atom stereocenters. The standard InChI is InChI=1S/C14H16FNO3/c1-14(2,19-3)13(18)16-11-7-6-10(5-4-8-17)12(15)9-11/h6-7,9,17H,8H2,1-3H3,(H,16,18). The molecule has 2 N–H and O–H groups in total. The van der Waals surface area contributed by atoms with E-state index in [-0.39, 0.29) is 18.1 Å². The summed E-state index contributed by atoms with van der Waals surface area (Å²) in [6.45, 7) is 2.89. The van der Waals surface area contributed by atoms with Crippen molar-refractivity contribution >= 4 is 11.6 Å². The highest BCUT2D eigenvalue weighted by Gasteiger charge is 2.26. The number of aliphatic hydroxyl groups is 1. The number of methoxy groups -OCH3 is 1. The number of rotatable bonds is 3. The number of hydrogen-bond donors (Lipinski definition) is 2. The summed E-state index contributed by atoms with van der Waals surface area (Å²) in [6, 6.07) is 4.15. The first-order valence-electron chi connectivity index (χ1n) is 5.66. The van der Waals surface area contributed by atoms with E-state index in [9.17, 15) is 9.18 Å². The molecule has 0 atom stereocenters. The lowest BCUT2D eigenvalue weighted by molar-refractivity contribution is -0.133. The van der Waals surface area contributed by atoms with E-state index in [0.29, 0.717) is 5.69 Å². The van der Waals surface area contributed by atoms with Crippen LogP contribution in [-0.2, 0) is 9.53 Å². The molecule has 0 aliphatic carbocycles. The maximum absolute atomic E-state index is 13.6. The molecule has 0 saturated heterocycles. The van der Waals surface area contributed by atoms with E-state index in [2.05, 4.69) is 17.2 Å². The Morgan fingerprint density at radius 1 is 1.53 bits per heavy atom. The van der Waals surface area contributed by atoms with Gasteiger partial charge in [0.1, 0.15) is 18.0 Å². The van der Waals surface area contributed by atoms with E-state index >= 15 is 0 Å². The van der Waals surface area contributed by atoms with Gasteiger partial charge in [0.15, 0.2) is 0 Å².